The molecule has 0 aromatic heterocycles. The lowest BCUT2D eigenvalue weighted by atomic mass is 9.93. The highest BCUT2D eigenvalue weighted by atomic mass is 32.2. The summed E-state index contributed by atoms with van der Waals surface area (Å²) in [5, 5.41) is 2.86. The smallest absolute Gasteiger partial charge is 0.466 e. The Morgan fingerprint density at radius 3 is 2.15 bits per heavy atom. The summed E-state index contributed by atoms with van der Waals surface area (Å²) in [4.78, 5) is 66.4. The third kappa shape index (κ3) is 10.8. The first-order valence-corrected chi connectivity index (χ1v) is 19.9. The third-order valence-electron chi connectivity index (χ3n) is 9.24. The first-order valence-electron chi connectivity index (χ1n) is 18.4. The summed E-state index contributed by atoms with van der Waals surface area (Å²) in [7, 11) is -3.06. The van der Waals surface area contributed by atoms with Gasteiger partial charge >= 0.3 is 18.2 Å². The third-order valence-corrected chi connectivity index (χ3v) is 10.6. The molecule has 3 aromatic carbocycles. The topological polar surface area (TPSA) is 184 Å². The first-order chi connectivity index (χ1) is 26.4. The lowest BCUT2D eigenvalue weighted by Gasteiger charge is -2.37. The maximum absolute atomic E-state index is 13.9. The van der Waals surface area contributed by atoms with Crippen LogP contribution in [0.25, 0.3) is 11.1 Å². The summed E-state index contributed by atoms with van der Waals surface area (Å²) in [6.45, 7) is 6.24. The van der Waals surface area contributed by atoms with Crippen molar-refractivity contribution in [1.29, 1.82) is 0 Å². The molecule has 0 radical (unpaired) electrons. The molecular weight excluding hydrogens is 731 g/mol. The molecule has 2 atom stereocenters. The lowest BCUT2D eigenvalue weighted by molar-refractivity contribution is -0.157. The second kappa shape index (κ2) is 19.8. The summed E-state index contributed by atoms with van der Waals surface area (Å²) >= 11 is 0. The fraction of sp³-hybridized carbons (Fsp3) is 0.425. The van der Waals surface area contributed by atoms with Crippen LogP contribution in [0.4, 0.5) is 9.59 Å². The number of esters is 1. The van der Waals surface area contributed by atoms with Gasteiger partial charge in [0.1, 0.15) is 5.75 Å². The van der Waals surface area contributed by atoms with Crippen LogP contribution in [0, 0.1) is 5.92 Å². The molecule has 1 aliphatic rings. The van der Waals surface area contributed by atoms with Crippen LogP contribution in [-0.2, 0) is 40.2 Å². The van der Waals surface area contributed by atoms with Crippen molar-refractivity contribution in [2.24, 2.45) is 5.92 Å². The number of ether oxygens (including phenoxy) is 4. The average molecular weight is 780 g/mol. The van der Waals surface area contributed by atoms with E-state index in [-0.39, 0.29) is 48.8 Å². The zero-order valence-electron chi connectivity index (χ0n) is 31.6. The number of amides is 3. The van der Waals surface area contributed by atoms with Crippen LogP contribution in [0.15, 0.2) is 77.7 Å². The van der Waals surface area contributed by atoms with Gasteiger partial charge in [-0.05, 0) is 73.6 Å². The van der Waals surface area contributed by atoms with Crippen LogP contribution in [-0.4, -0.2) is 75.9 Å². The predicted molar refractivity (Wildman–Crippen MR) is 202 cm³/mol. The largest absolute Gasteiger partial charge is 0.513 e. The van der Waals surface area contributed by atoms with Crippen LogP contribution >= 0.6 is 0 Å². The fourth-order valence-corrected chi connectivity index (χ4v) is 7.30. The zero-order valence-corrected chi connectivity index (χ0v) is 32.4. The van der Waals surface area contributed by atoms with Crippen molar-refractivity contribution in [1.82, 2.24) is 14.9 Å². The number of nitrogens with zero attached hydrogens (tertiary/aromatic N) is 1. The minimum Gasteiger partial charge on any atom is -0.466 e. The van der Waals surface area contributed by atoms with Crippen LogP contribution in [0.1, 0.15) is 81.6 Å². The molecule has 1 saturated heterocycles. The minimum absolute atomic E-state index is 0.100. The normalized spacial score (nSPS) is 15.7. The molecule has 2 N–H and O–H groups in total. The van der Waals surface area contributed by atoms with Gasteiger partial charge in [-0.1, -0.05) is 76.1 Å². The van der Waals surface area contributed by atoms with E-state index in [0.717, 1.165) is 18.4 Å². The van der Waals surface area contributed by atoms with Crippen LogP contribution in [0.5, 0.6) is 5.75 Å². The molecule has 3 aromatic rings. The number of unbranched alkanes of at least 4 members (excludes halogenated alkanes) is 2. The summed E-state index contributed by atoms with van der Waals surface area (Å²) < 4.78 is 48.5. The van der Waals surface area contributed by atoms with Crippen LogP contribution in [0.2, 0.25) is 0 Å². The molecule has 296 valence electrons. The number of hydrogen-bond acceptors (Lipinski definition) is 11. The Labute approximate surface area is 321 Å². The van der Waals surface area contributed by atoms with Gasteiger partial charge in [0.2, 0.25) is 11.6 Å². The predicted octanol–water partition coefficient (Wildman–Crippen LogP) is 6.37. The van der Waals surface area contributed by atoms with Crippen molar-refractivity contribution in [3.63, 3.8) is 0 Å². The molecule has 0 unspecified atom stereocenters. The standard InChI is InChI=1S/C40H49N3O11S/c1-5-8-25-52-38(47)42-55(49,50)34-14-11-10-13-33(34)30-17-15-28(16-18-30)27-29(7-3)35(44)41-40(37(46)51-4)23-12-24-43(40)36(45)31-19-21-32(22-20-31)54-39(48)53-26-9-6-2/h10-11,13-22,29H,5-9,12,23-27H2,1-4H3,(H,41,44)(H,42,47)/t29-,40-/m0/s1. The molecule has 4 rings (SSSR count). The SMILES string of the molecule is CCCCOC(=O)NS(=O)(=O)c1ccccc1-c1ccc(C[C@H](CC)C(=O)N[C@@]2(C(=O)OC)CCCN2C(=O)c2ccc(OC(=O)OCCCC)cc2)cc1. The van der Waals surface area contributed by atoms with Crippen molar-refractivity contribution in [3.8, 4) is 16.9 Å². The Morgan fingerprint density at radius 1 is 0.855 bits per heavy atom. The Kier molecular flexibility index (Phi) is 15.2. The number of nitrogens with one attached hydrogen (secondary N) is 2. The molecule has 55 heavy (non-hydrogen) atoms. The number of sulfonamides is 1. The molecule has 1 heterocycles. The van der Waals surface area contributed by atoms with Gasteiger partial charge in [0.15, 0.2) is 0 Å². The van der Waals surface area contributed by atoms with Crippen molar-refractivity contribution >= 4 is 40.1 Å². The Balaban J connectivity index is 1.47. The monoisotopic (exact) mass is 779 g/mol. The molecule has 0 spiro atoms. The van der Waals surface area contributed by atoms with Crippen LogP contribution in [0.3, 0.4) is 0 Å². The number of hydrogen-bond donors (Lipinski definition) is 2. The number of methoxy groups -OCH3 is 1. The summed E-state index contributed by atoms with van der Waals surface area (Å²) in [5.41, 5.74) is 0.167. The molecule has 1 fully saturated rings. The van der Waals surface area contributed by atoms with E-state index >= 15 is 0 Å². The van der Waals surface area contributed by atoms with Gasteiger partial charge in [-0.15, -0.1) is 0 Å². The van der Waals surface area contributed by atoms with Gasteiger partial charge in [0.25, 0.3) is 15.9 Å². The Bertz CT molecular complexity index is 1920. The molecule has 0 saturated carbocycles. The molecule has 14 nitrogen and oxygen atoms in total. The van der Waals surface area contributed by atoms with E-state index in [2.05, 4.69) is 5.32 Å². The molecule has 0 bridgehead atoms. The highest BCUT2D eigenvalue weighted by Crippen LogP contribution is 2.32. The summed E-state index contributed by atoms with van der Waals surface area (Å²) in [5.74, 6) is -2.17. The van der Waals surface area contributed by atoms with Gasteiger partial charge in [-0.25, -0.2) is 27.5 Å². The van der Waals surface area contributed by atoms with Crippen molar-refractivity contribution in [3.05, 3.63) is 83.9 Å². The number of rotatable bonds is 17. The van der Waals surface area contributed by atoms with E-state index in [0.29, 0.717) is 36.8 Å². The molecule has 15 heteroatoms. The van der Waals surface area contributed by atoms with E-state index in [4.69, 9.17) is 18.9 Å². The lowest BCUT2D eigenvalue weighted by Crippen LogP contribution is -2.65. The minimum atomic E-state index is -4.25. The zero-order chi connectivity index (χ0) is 40.0. The van der Waals surface area contributed by atoms with E-state index in [1.807, 2.05) is 25.5 Å². The molecule has 3 amide bonds. The van der Waals surface area contributed by atoms with Gasteiger partial charge in [0, 0.05) is 30.0 Å². The molecular formula is C40H49N3O11S. The van der Waals surface area contributed by atoms with Crippen molar-refractivity contribution in [2.75, 3.05) is 26.9 Å². The fourth-order valence-electron chi connectivity index (χ4n) is 6.18. The van der Waals surface area contributed by atoms with E-state index < -0.39 is 51.6 Å². The quantitative estimate of drug-likeness (QED) is 0.0672. The van der Waals surface area contributed by atoms with Gasteiger partial charge in [0.05, 0.1) is 25.2 Å². The maximum atomic E-state index is 13.9. The number of carbonyl (C=O) groups is 5. The molecule has 0 aliphatic carbocycles. The number of benzene rings is 3. The highest BCUT2D eigenvalue weighted by Gasteiger charge is 2.52. The van der Waals surface area contributed by atoms with Gasteiger partial charge < -0.3 is 29.2 Å². The number of likely N-dealkylation sites (tertiary alicyclic amines) is 1. The van der Waals surface area contributed by atoms with E-state index in [9.17, 15) is 32.4 Å². The average Bonchev–Trinajstić information content (AvgIpc) is 3.61. The van der Waals surface area contributed by atoms with E-state index in [1.165, 1.54) is 42.3 Å². The Morgan fingerprint density at radius 2 is 1.51 bits per heavy atom. The van der Waals surface area contributed by atoms with Gasteiger partial charge in [-0.3, -0.25) is 9.59 Å². The Hall–Kier alpha value is -5.44. The first kappa shape index (κ1) is 42.3. The summed E-state index contributed by atoms with van der Waals surface area (Å²) in [6, 6.07) is 19.1. The summed E-state index contributed by atoms with van der Waals surface area (Å²) in [6.07, 6.45) is 2.29. The van der Waals surface area contributed by atoms with Gasteiger partial charge in [-0.2, -0.15) is 0 Å². The van der Waals surface area contributed by atoms with E-state index in [1.54, 1.807) is 42.5 Å². The second-order valence-electron chi connectivity index (χ2n) is 13.1. The highest BCUT2D eigenvalue weighted by molar-refractivity contribution is 7.90. The molecule has 1 aliphatic heterocycles. The second-order valence-corrected chi connectivity index (χ2v) is 14.7. The van der Waals surface area contributed by atoms with Crippen LogP contribution < -0.4 is 14.8 Å². The van der Waals surface area contributed by atoms with Crippen molar-refractivity contribution < 1.29 is 51.3 Å². The van der Waals surface area contributed by atoms with Crippen molar-refractivity contribution in [2.45, 2.75) is 82.7 Å². The number of carbonyl (C=O) groups excluding carboxylic acids is 5. The maximum Gasteiger partial charge on any atom is 0.513 e.